The minimum atomic E-state index is -0.534. The highest BCUT2D eigenvalue weighted by Gasteiger charge is 2.22. The second-order valence-corrected chi connectivity index (χ2v) is 5.44. The van der Waals surface area contributed by atoms with E-state index in [-0.39, 0.29) is 5.91 Å². The zero-order valence-corrected chi connectivity index (χ0v) is 13.3. The summed E-state index contributed by atoms with van der Waals surface area (Å²) >= 11 is 0. The highest BCUT2D eigenvalue weighted by molar-refractivity contribution is 5.92. The van der Waals surface area contributed by atoms with Gasteiger partial charge in [-0.15, -0.1) is 5.06 Å². The molecule has 5 heteroatoms. The van der Waals surface area contributed by atoms with Crippen LogP contribution < -0.4 is 9.80 Å². The first-order valence-electron chi connectivity index (χ1n) is 7.29. The van der Waals surface area contributed by atoms with Crippen LogP contribution in [0, 0.1) is 0 Å². The van der Waals surface area contributed by atoms with Gasteiger partial charge in [-0.25, -0.2) is 4.79 Å². The lowest BCUT2D eigenvalue weighted by Crippen LogP contribution is -2.30. The fourth-order valence-electron chi connectivity index (χ4n) is 2.85. The highest BCUT2D eigenvalue weighted by Crippen LogP contribution is 2.40. The summed E-state index contributed by atoms with van der Waals surface area (Å²) in [4.78, 5) is 27.9. The predicted octanol–water partition coefficient (Wildman–Crippen LogP) is 3.10. The van der Waals surface area contributed by atoms with Crippen molar-refractivity contribution in [3.8, 4) is 16.9 Å². The van der Waals surface area contributed by atoms with Crippen LogP contribution in [0.25, 0.3) is 11.1 Å². The van der Waals surface area contributed by atoms with E-state index in [1.54, 1.807) is 13.2 Å². The standard InChI is InChI=1S/C18H17NO4/c1-11(20)19(23-12(2)21)15-4-6-17-13(9-15)8-14-10-16(22-3)5-7-18(14)17/h4-7,9-10H,8H2,1-3H3. The van der Waals surface area contributed by atoms with Crippen molar-refractivity contribution in [3.63, 3.8) is 0 Å². The molecule has 0 spiro atoms. The van der Waals surface area contributed by atoms with E-state index in [4.69, 9.17) is 9.57 Å². The molecule has 118 valence electrons. The largest absolute Gasteiger partial charge is 0.497 e. The molecule has 2 aromatic carbocycles. The number of amides is 1. The molecule has 1 amide bonds. The number of carbonyl (C=O) groups is 2. The minimum Gasteiger partial charge on any atom is -0.497 e. The van der Waals surface area contributed by atoms with Gasteiger partial charge in [-0.1, -0.05) is 12.1 Å². The topological polar surface area (TPSA) is 55.8 Å². The van der Waals surface area contributed by atoms with E-state index in [0.29, 0.717) is 5.69 Å². The average molecular weight is 311 g/mol. The third-order valence-electron chi connectivity index (χ3n) is 3.81. The van der Waals surface area contributed by atoms with Crippen molar-refractivity contribution in [2.24, 2.45) is 0 Å². The Bertz CT molecular complexity index is 798. The Labute approximate surface area is 134 Å². The lowest BCUT2D eigenvalue weighted by molar-refractivity contribution is -0.147. The molecule has 1 aliphatic carbocycles. The Morgan fingerprint density at radius 3 is 2.26 bits per heavy atom. The fraction of sp³-hybridized carbons (Fsp3) is 0.222. The number of rotatable bonds is 2. The van der Waals surface area contributed by atoms with Crippen molar-refractivity contribution in [1.82, 2.24) is 0 Å². The van der Waals surface area contributed by atoms with Crippen molar-refractivity contribution in [1.29, 1.82) is 0 Å². The van der Waals surface area contributed by atoms with Gasteiger partial charge < -0.3 is 9.57 Å². The van der Waals surface area contributed by atoms with Crippen molar-refractivity contribution in [3.05, 3.63) is 47.5 Å². The lowest BCUT2D eigenvalue weighted by Gasteiger charge is -2.19. The number of benzene rings is 2. The molecule has 0 radical (unpaired) electrons. The molecule has 0 heterocycles. The second kappa shape index (κ2) is 5.76. The molecule has 2 aromatic rings. The molecule has 1 aliphatic rings. The van der Waals surface area contributed by atoms with Crippen molar-refractivity contribution in [2.45, 2.75) is 20.3 Å². The van der Waals surface area contributed by atoms with Crippen molar-refractivity contribution in [2.75, 3.05) is 12.2 Å². The Morgan fingerprint density at radius 1 is 1.00 bits per heavy atom. The van der Waals surface area contributed by atoms with Gasteiger partial charge in [-0.05, 0) is 52.9 Å². The van der Waals surface area contributed by atoms with Crippen LogP contribution in [0.4, 0.5) is 5.69 Å². The molecular weight excluding hydrogens is 294 g/mol. The zero-order chi connectivity index (χ0) is 16.6. The molecule has 23 heavy (non-hydrogen) atoms. The fourth-order valence-corrected chi connectivity index (χ4v) is 2.85. The number of hydrogen-bond donors (Lipinski definition) is 0. The molecule has 0 bridgehead atoms. The first-order chi connectivity index (χ1) is 11.0. The van der Waals surface area contributed by atoms with E-state index in [9.17, 15) is 9.59 Å². The summed E-state index contributed by atoms with van der Waals surface area (Å²) in [5.74, 6) is -0.0619. The van der Waals surface area contributed by atoms with Crippen molar-refractivity contribution >= 4 is 17.6 Å². The maximum Gasteiger partial charge on any atom is 0.330 e. The molecule has 0 aromatic heterocycles. The molecule has 3 rings (SSSR count). The maximum absolute atomic E-state index is 11.7. The summed E-state index contributed by atoms with van der Waals surface area (Å²) in [6.07, 6.45) is 0.752. The van der Waals surface area contributed by atoms with E-state index >= 15 is 0 Å². The van der Waals surface area contributed by atoms with Gasteiger partial charge in [0.25, 0.3) is 5.91 Å². The third kappa shape index (κ3) is 2.77. The molecular formula is C18H17NO4. The predicted molar refractivity (Wildman–Crippen MR) is 86.2 cm³/mol. The Balaban J connectivity index is 1.98. The number of hydrogen-bond acceptors (Lipinski definition) is 4. The molecule has 0 saturated heterocycles. The van der Waals surface area contributed by atoms with Gasteiger partial charge in [0.1, 0.15) is 5.75 Å². The number of hydroxylamine groups is 1. The van der Waals surface area contributed by atoms with Gasteiger partial charge >= 0.3 is 5.97 Å². The lowest BCUT2D eigenvalue weighted by atomic mass is 10.1. The monoisotopic (exact) mass is 311 g/mol. The average Bonchev–Trinajstić information content (AvgIpc) is 2.88. The second-order valence-electron chi connectivity index (χ2n) is 5.44. The Morgan fingerprint density at radius 2 is 1.65 bits per heavy atom. The number of ether oxygens (including phenoxy) is 1. The van der Waals surface area contributed by atoms with Crippen molar-refractivity contribution < 1.29 is 19.2 Å². The van der Waals surface area contributed by atoms with Crippen LogP contribution in [0.3, 0.4) is 0 Å². The molecule has 0 unspecified atom stereocenters. The quantitative estimate of drug-likeness (QED) is 0.682. The zero-order valence-electron chi connectivity index (χ0n) is 13.3. The van der Waals surface area contributed by atoms with Crippen LogP contribution in [0.15, 0.2) is 36.4 Å². The minimum absolute atomic E-state index is 0.350. The summed E-state index contributed by atoms with van der Waals surface area (Å²) in [5, 5.41) is 1.02. The van der Waals surface area contributed by atoms with E-state index in [1.807, 2.05) is 30.3 Å². The molecule has 5 nitrogen and oxygen atoms in total. The van der Waals surface area contributed by atoms with Crippen LogP contribution in [0.2, 0.25) is 0 Å². The van der Waals surface area contributed by atoms with Crippen LogP contribution in [0.1, 0.15) is 25.0 Å². The van der Waals surface area contributed by atoms with E-state index in [1.165, 1.54) is 19.4 Å². The summed E-state index contributed by atoms with van der Waals surface area (Å²) in [6, 6.07) is 11.6. The van der Waals surface area contributed by atoms with Gasteiger partial charge in [0.05, 0.1) is 12.8 Å². The Kier molecular flexibility index (Phi) is 3.78. The molecule has 0 N–H and O–H groups in total. The van der Waals surface area contributed by atoms with Gasteiger partial charge in [0.15, 0.2) is 0 Å². The number of anilines is 1. The first-order valence-corrected chi connectivity index (χ1v) is 7.29. The first kappa shape index (κ1) is 15.1. The number of fused-ring (bicyclic) bond motifs is 3. The number of nitrogens with zero attached hydrogens (tertiary/aromatic N) is 1. The number of methoxy groups -OCH3 is 1. The normalized spacial score (nSPS) is 11.4. The van der Waals surface area contributed by atoms with E-state index < -0.39 is 5.97 Å². The summed E-state index contributed by atoms with van der Waals surface area (Å²) in [5.41, 5.74) is 5.10. The van der Waals surface area contributed by atoms with Gasteiger partial charge in [-0.2, -0.15) is 0 Å². The van der Waals surface area contributed by atoms with Crippen LogP contribution in [0.5, 0.6) is 5.75 Å². The van der Waals surface area contributed by atoms with Crippen LogP contribution in [-0.4, -0.2) is 19.0 Å². The Hall–Kier alpha value is -2.82. The highest BCUT2D eigenvalue weighted by atomic mass is 16.7. The number of carbonyl (C=O) groups excluding carboxylic acids is 2. The molecule has 0 atom stereocenters. The van der Waals surface area contributed by atoms with Gasteiger partial charge in [0.2, 0.25) is 0 Å². The summed E-state index contributed by atoms with van der Waals surface area (Å²) < 4.78 is 5.27. The van der Waals surface area contributed by atoms with Gasteiger partial charge in [-0.3, -0.25) is 4.79 Å². The molecule has 0 aliphatic heterocycles. The third-order valence-corrected chi connectivity index (χ3v) is 3.81. The SMILES string of the molecule is COc1ccc2c(c1)Cc1cc(N(OC(C)=O)C(C)=O)ccc1-2. The van der Waals surface area contributed by atoms with Crippen LogP contribution in [-0.2, 0) is 20.8 Å². The maximum atomic E-state index is 11.7. The van der Waals surface area contributed by atoms with E-state index in [0.717, 1.165) is 33.9 Å². The summed E-state index contributed by atoms with van der Waals surface area (Å²) in [7, 11) is 1.64. The van der Waals surface area contributed by atoms with Crippen LogP contribution >= 0.6 is 0 Å². The smallest absolute Gasteiger partial charge is 0.330 e. The molecule has 0 saturated carbocycles. The summed E-state index contributed by atoms with van der Waals surface area (Å²) in [6.45, 7) is 2.63. The molecule has 0 fully saturated rings. The van der Waals surface area contributed by atoms with E-state index in [2.05, 4.69) is 0 Å². The van der Waals surface area contributed by atoms with Gasteiger partial charge in [0, 0.05) is 13.8 Å².